The van der Waals surface area contributed by atoms with Gasteiger partial charge in [-0.15, -0.1) is 0 Å². The summed E-state index contributed by atoms with van der Waals surface area (Å²) < 4.78 is 103. The van der Waals surface area contributed by atoms with Gasteiger partial charge in [-0.05, 0) is 225 Å². The molecular formula is C77H84N8O10S4. The normalized spacial score (nSPS) is 12.4. The van der Waals surface area contributed by atoms with Crippen LogP contribution in [0, 0.1) is 20.8 Å². The van der Waals surface area contributed by atoms with Gasteiger partial charge in [0, 0.05) is 44.3 Å². The molecule has 0 spiro atoms. The van der Waals surface area contributed by atoms with Crippen LogP contribution in [0.3, 0.4) is 0 Å². The van der Waals surface area contributed by atoms with Gasteiger partial charge in [-0.25, -0.2) is 35.2 Å². The van der Waals surface area contributed by atoms with Crippen molar-refractivity contribution in [2.75, 3.05) is 84.6 Å². The predicted octanol–water partition coefficient (Wildman–Crippen LogP) is 14.8. The van der Waals surface area contributed by atoms with Crippen LogP contribution >= 0.6 is 0 Å². The molecule has 0 fully saturated rings. The maximum atomic E-state index is 10.4. The van der Waals surface area contributed by atoms with Crippen molar-refractivity contribution in [2.45, 2.75) is 35.5 Å². The molecule has 8 bridgehead atoms. The third-order valence-electron chi connectivity index (χ3n) is 16.4. The predicted molar refractivity (Wildman–Crippen MR) is 406 cm³/mol. The van der Waals surface area contributed by atoms with Gasteiger partial charge in [-0.3, -0.25) is 17.9 Å². The molecular weight excluding hydrogens is 1330 g/mol. The van der Waals surface area contributed by atoms with Crippen LogP contribution in [0.4, 0.5) is 22.7 Å². The Morgan fingerprint density at radius 3 is 0.616 bits per heavy atom. The molecule has 99 heavy (non-hydrogen) atoms. The Kier molecular flexibility index (Phi) is 23.1. The summed E-state index contributed by atoms with van der Waals surface area (Å²) in [5, 5.41) is 0. The Morgan fingerprint density at radius 2 is 0.465 bits per heavy atom. The van der Waals surface area contributed by atoms with E-state index < -0.39 is 30.4 Å². The van der Waals surface area contributed by atoms with Gasteiger partial charge in [0.05, 0.1) is 122 Å². The number of hydrogen-bond donors (Lipinski definition) is 3. The number of benzene rings is 7. The van der Waals surface area contributed by atoms with Crippen LogP contribution in [0.15, 0.2) is 209 Å². The van der Waals surface area contributed by atoms with Crippen LogP contribution in [0.5, 0.6) is 0 Å². The number of quaternary nitrogens is 4. The van der Waals surface area contributed by atoms with E-state index in [0.717, 1.165) is 124 Å². The fourth-order valence-corrected chi connectivity index (χ4v) is 12.2. The number of rotatable bonds is 11. The molecule has 18 nitrogen and oxygen atoms in total. The first-order chi connectivity index (χ1) is 46.2. The van der Waals surface area contributed by atoms with Crippen molar-refractivity contribution in [3.8, 4) is 44.5 Å². The number of hydrogen-bond acceptors (Lipinski definition) is 13. The zero-order valence-electron chi connectivity index (χ0n) is 58.2. The third-order valence-corrected chi connectivity index (χ3v) is 19.0. The highest BCUT2D eigenvalue weighted by Crippen LogP contribution is 2.40. The quantitative estimate of drug-likeness (QED) is 0.0620. The zero-order valence-corrected chi connectivity index (χ0v) is 61.5. The van der Waals surface area contributed by atoms with Crippen LogP contribution in [-0.2, 0) is 43.3 Å². The lowest BCUT2D eigenvalue weighted by Crippen LogP contribution is -2.34. The minimum Gasteiger partial charge on any atom is -0.744 e. The van der Waals surface area contributed by atoms with E-state index in [4.69, 9.17) is 14.5 Å². The molecule has 0 aliphatic carbocycles. The highest BCUT2D eigenvalue weighted by Gasteiger charge is 2.23. The minimum absolute atomic E-state index is 0.178. The van der Waals surface area contributed by atoms with Gasteiger partial charge in [0.1, 0.15) is 53.1 Å². The van der Waals surface area contributed by atoms with Gasteiger partial charge in [0.25, 0.3) is 0 Å². The van der Waals surface area contributed by atoms with E-state index in [1.165, 1.54) is 59.1 Å². The molecule has 516 valence electrons. The van der Waals surface area contributed by atoms with Crippen molar-refractivity contribution in [3.63, 3.8) is 0 Å². The molecule has 0 atom stereocenters. The molecule has 12 rings (SSSR count). The number of nitrogens with one attached hydrogen (secondary N) is 2. The fourth-order valence-electron chi connectivity index (χ4n) is 10.8. The Labute approximate surface area is 588 Å². The van der Waals surface area contributed by atoms with E-state index in [0.29, 0.717) is 0 Å². The summed E-state index contributed by atoms with van der Waals surface area (Å²) in [6.45, 7) is 5.46. The molecule has 0 saturated carbocycles. The average molecular weight is 1410 g/mol. The average Bonchev–Trinajstić information content (AvgIpc) is 1.63. The van der Waals surface area contributed by atoms with Gasteiger partial charge in [0.2, 0.25) is 0 Å². The van der Waals surface area contributed by atoms with Gasteiger partial charge in [0.15, 0.2) is 0 Å². The zero-order chi connectivity index (χ0) is 72.8. The molecule has 22 heteroatoms. The summed E-state index contributed by atoms with van der Waals surface area (Å²) in [4.78, 5) is 18.4. The highest BCUT2D eigenvalue weighted by molar-refractivity contribution is 7.86. The number of aromatic nitrogens is 4. The second kappa shape index (κ2) is 30.2. The second-order valence-electron chi connectivity index (χ2n) is 27.5. The highest BCUT2D eigenvalue weighted by atomic mass is 32.2. The molecule has 2 aliphatic rings. The maximum absolute atomic E-state index is 10.4. The Hall–Kier alpha value is -8.98. The van der Waals surface area contributed by atoms with Gasteiger partial charge < -0.3 is 41.1 Å². The maximum Gasteiger partial charge on any atom is 0.132 e. The largest absolute Gasteiger partial charge is 0.744 e. The molecule has 0 amide bonds. The summed E-state index contributed by atoms with van der Waals surface area (Å²) in [5.41, 5.74) is 23.7. The number of fused-ring (bicyclic) bond motifs is 8. The smallest absolute Gasteiger partial charge is 0.132 e. The number of H-pyrrole nitrogens is 2. The van der Waals surface area contributed by atoms with E-state index in [1.807, 2.05) is 20.8 Å². The molecule has 7 aromatic carbocycles. The monoisotopic (exact) mass is 1410 g/mol. The number of aromatic amines is 2. The second-order valence-corrected chi connectivity index (χ2v) is 31.7. The molecule has 10 aromatic rings. The summed E-state index contributed by atoms with van der Waals surface area (Å²) >= 11 is 3.08. The van der Waals surface area contributed by atoms with E-state index in [9.17, 15) is 38.9 Å². The van der Waals surface area contributed by atoms with Crippen LogP contribution in [0.1, 0.15) is 39.5 Å². The lowest BCUT2D eigenvalue weighted by molar-refractivity contribution is 0.461. The summed E-state index contributed by atoms with van der Waals surface area (Å²) in [7, 11) is 13.6. The number of nitrogens with zero attached hydrogens (tertiary/aromatic N) is 6. The van der Waals surface area contributed by atoms with Crippen LogP contribution < -0.4 is 17.9 Å². The molecule has 3 N–H and O–H groups in total. The van der Waals surface area contributed by atoms with Gasteiger partial charge in [-0.1, -0.05) is 53.1 Å². The summed E-state index contributed by atoms with van der Waals surface area (Å²) in [6.07, 6.45) is 8.69. The molecule has 0 unspecified atom stereocenters. The van der Waals surface area contributed by atoms with Gasteiger partial charge in [-0.2, -0.15) is 0 Å². The molecule has 5 heterocycles. The van der Waals surface area contributed by atoms with Crippen molar-refractivity contribution in [2.24, 2.45) is 0 Å². The topological polar surface area (TPSA) is 249 Å². The molecule has 2 aliphatic heterocycles. The van der Waals surface area contributed by atoms with E-state index in [1.54, 1.807) is 36.4 Å². The van der Waals surface area contributed by atoms with Crippen molar-refractivity contribution in [1.82, 2.24) is 37.9 Å². The summed E-state index contributed by atoms with van der Waals surface area (Å²) in [5.74, 6) is 0. The fraction of sp³-hybridized carbons (Fsp3) is 0.195. The van der Waals surface area contributed by atoms with E-state index in [2.05, 4.69) is 253 Å². The Bertz CT molecular complexity index is 4530. The lowest BCUT2D eigenvalue weighted by atomic mass is 10.0. The first-order valence-corrected chi connectivity index (χ1v) is 35.9. The first kappa shape index (κ1) is 75.8. The Morgan fingerprint density at radius 1 is 0.293 bits per heavy atom. The van der Waals surface area contributed by atoms with E-state index >= 15 is 0 Å². The van der Waals surface area contributed by atoms with Crippen molar-refractivity contribution in [3.05, 3.63) is 234 Å². The van der Waals surface area contributed by atoms with Crippen molar-refractivity contribution >= 4 is 112 Å². The van der Waals surface area contributed by atoms with E-state index in [-0.39, 0.29) is 14.7 Å². The SMILES string of the molecule is C[N+](C)(C)c1ccc(-c2c3nc(c(-c4ccc([N+](C)(C)C)cc4)c4ccc([nH]4)c(-c4ccc([N+](C)(C)C)cc4)c4nc(c(-c5ccc([N+](C)(C)C)cc5)c5ccc2[nH]5)C=C4)C=C3)cc1.Cc1ccc(S(=O)(=O)[O-])cc1.Cc1ccc(S(=O)(=O)[O-])cc1.Cc1ccc(S(=O)(=O)[O-])cc1.O[S-]. The van der Waals surface area contributed by atoms with Crippen LogP contribution in [0.25, 0.3) is 90.9 Å². The minimum atomic E-state index is -4.27. The number of aryl methyl sites for hydroxylation is 3. The summed E-state index contributed by atoms with van der Waals surface area (Å²) in [6, 6.07) is 61.9. The van der Waals surface area contributed by atoms with Crippen LogP contribution in [-0.4, -0.2) is 148 Å². The molecule has 0 radical (unpaired) electrons. The van der Waals surface area contributed by atoms with Gasteiger partial charge >= 0.3 is 0 Å². The lowest BCUT2D eigenvalue weighted by Gasteiger charge is -2.23. The third kappa shape index (κ3) is 19.3. The van der Waals surface area contributed by atoms with Crippen molar-refractivity contribution in [1.29, 1.82) is 0 Å². The standard InChI is InChI=1S/C56H62N8.3C7H8O3S.H2OS/c1-61(2,3)41-21-13-37(14-22-41)53-45-29-31-47(57-45)54(38-15-23-42(24-16-38)62(4,5)6)49-33-35-51(59-49)56(40-19-27-44(28-20-40)64(10,11)12)52-36-34-50(60-52)55(48-32-30-46(53)58-48)39-17-25-43(26-18-39)63(7,8)9;3*1-6-2-4-7(5-3-6)11(8,9)10;1-2/h13-36,57,60H,1-12H3;3*2-5H,1H3,(H,8,9,10);1-2H/q+4;;;;/p-4. The first-order valence-electron chi connectivity index (χ1n) is 31.3. The van der Waals surface area contributed by atoms with Crippen molar-refractivity contribution < 1.29 is 43.5 Å². The molecule has 0 saturated heterocycles. The molecule has 3 aromatic heterocycles. The van der Waals surface area contributed by atoms with Crippen LogP contribution in [0.2, 0.25) is 0 Å². The Balaban J connectivity index is 0.000000288.